The van der Waals surface area contributed by atoms with Crippen LogP contribution in [0.4, 0.5) is 10.1 Å². The maximum absolute atomic E-state index is 13.7. The molecule has 2 N–H and O–H groups in total. The molecule has 8 nitrogen and oxygen atoms in total. The minimum absolute atomic E-state index is 0.0547. The molecule has 0 aromatic heterocycles. The van der Waals surface area contributed by atoms with Crippen molar-refractivity contribution < 1.29 is 32.2 Å². The van der Waals surface area contributed by atoms with E-state index >= 15 is 0 Å². The van der Waals surface area contributed by atoms with Gasteiger partial charge in [0, 0.05) is 12.2 Å². The fourth-order valence-electron chi connectivity index (χ4n) is 4.27. The van der Waals surface area contributed by atoms with Gasteiger partial charge in [-0.15, -0.1) is 0 Å². The molecule has 2 aliphatic heterocycles. The van der Waals surface area contributed by atoms with Crippen LogP contribution >= 0.6 is 0 Å². The average molecular weight is 479 g/mol. The van der Waals surface area contributed by atoms with Crippen molar-refractivity contribution >= 4 is 21.6 Å². The quantitative estimate of drug-likeness (QED) is 0.682. The Bertz CT molecular complexity index is 1070. The lowest BCUT2D eigenvalue weighted by atomic mass is 9.96. The largest absolute Gasteiger partial charge is 0.389 e. The van der Waals surface area contributed by atoms with E-state index in [0.717, 1.165) is 6.07 Å². The number of hydrogen-bond acceptors (Lipinski definition) is 6. The third-order valence-corrected chi connectivity index (χ3v) is 7.69. The second-order valence-corrected chi connectivity index (χ2v) is 10.2. The van der Waals surface area contributed by atoms with E-state index in [1.165, 1.54) is 22.5 Å². The van der Waals surface area contributed by atoms with E-state index in [2.05, 4.69) is 5.32 Å². The summed E-state index contributed by atoms with van der Waals surface area (Å²) in [6, 6.07) is 13.3. The lowest BCUT2D eigenvalue weighted by Crippen LogP contribution is -2.57. The predicted octanol–water partition coefficient (Wildman–Crippen LogP) is 2.15. The van der Waals surface area contributed by atoms with Crippen LogP contribution in [0.3, 0.4) is 0 Å². The minimum Gasteiger partial charge on any atom is -0.389 e. The predicted molar refractivity (Wildman–Crippen MR) is 118 cm³/mol. The highest BCUT2D eigenvalue weighted by molar-refractivity contribution is 7.89. The maximum Gasteiger partial charge on any atom is 0.243 e. The summed E-state index contributed by atoms with van der Waals surface area (Å²) in [7, 11) is -4.09. The highest BCUT2D eigenvalue weighted by Crippen LogP contribution is 2.31. The van der Waals surface area contributed by atoms with E-state index in [1.807, 2.05) is 18.2 Å². The third kappa shape index (κ3) is 5.77. The Balaban J connectivity index is 1.49. The molecule has 0 saturated carbocycles. The SMILES string of the molecule is O=C(C[C@H]1CC[C@H]2[C@@H](COC[C@H](O)CN2S(=O)(=O)c2cccc(F)c2)O1)Nc1ccccc1. The number of rotatable bonds is 5. The number of benzene rings is 2. The number of hydrogen-bond donors (Lipinski definition) is 2. The number of amides is 1. The molecule has 0 spiro atoms. The Hall–Kier alpha value is -2.37. The van der Waals surface area contributed by atoms with Crippen molar-refractivity contribution in [1.82, 2.24) is 4.31 Å². The molecule has 0 unspecified atom stereocenters. The average Bonchev–Trinajstić information content (AvgIpc) is 2.77. The summed E-state index contributed by atoms with van der Waals surface area (Å²) >= 11 is 0. The second kappa shape index (κ2) is 10.3. The Morgan fingerprint density at radius 2 is 1.91 bits per heavy atom. The van der Waals surface area contributed by atoms with Gasteiger partial charge in [0.05, 0.1) is 48.9 Å². The van der Waals surface area contributed by atoms with Gasteiger partial charge >= 0.3 is 0 Å². The number of aliphatic hydroxyl groups excluding tert-OH is 1. The first-order valence-electron chi connectivity index (χ1n) is 10.9. The fourth-order valence-corrected chi connectivity index (χ4v) is 6.02. The van der Waals surface area contributed by atoms with Crippen molar-refractivity contribution in [3.05, 3.63) is 60.4 Å². The van der Waals surface area contributed by atoms with Gasteiger partial charge in [0.25, 0.3) is 0 Å². The highest BCUT2D eigenvalue weighted by Gasteiger charge is 2.43. The zero-order chi connectivity index (χ0) is 23.4. The van der Waals surface area contributed by atoms with Crippen LogP contribution < -0.4 is 5.32 Å². The number of nitrogens with zero attached hydrogens (tertiary/aromatic N) is 1. The number of carbonyl (C=O) groups is 1. The molecule has 4 rings (SSSR count). The van der Waals surface area contributed by atoms with Crippen molar-refractivity contribution in [3.63, 3.8) is 0 Å². The summed E-state index contributed by atoms with van der Waals surface area (Å²) in [5.41, 5.74) is 0.687. The summed E-state index contributed by atoms with van der Waals surface area (Å²) in [5.74, 6) is -0.857. The first-order chi connectivity index (χ1) is 15.8. The van der Waals surface area contributed by atoms with E-state index in [4.69, 9.17) is 9.47 Å². The summed E-state index contributed by atoms with van der Waals surface area (Å²) in [6.45, 7) is -0.169. The molecular weight excluding hydrogens is 451 g/mol. The summed E-state index contributed by atoms with van der Waals surface area (Å²) in [4.78, 5) is 12.3. The summed E-state index contributed by atoms with van der Waals surface area (Å²) in [6.07, 6.45) is -1.06. The van der Waals surface area contributed by atoms with Crippen LogP contribution in [0.1, 0.15) is 19.3 Å². The number of halogens is 1. The first kappa shape index (κ1) is 23.8. The monoisotopic (exact) mass is 478 g/mol. The van der Waals surface area contributed by atoms with E-state index in [9.17, 15) is 22.7 Å². The number of anilines is 1. The van der Waals surface area contributed by atoms with Crippen LogP contribution in [0, 0.1) is 5.82 Å². The van der Waals surface area contributed by atoms with Gasteiger partial charge in [-0.05, 0) is 43.2 Å². The van der Waals surface area contributed by atoms with Crippen molar-refractivity contribution in [2.45, 2.75) is 48.5 Å². The van der Waals surface area contributed by atoms with Gasteiger partial charge in [-0.3, -0.25) is 4.79 Å². The van der Waals surface area contributed by atoms with E-state index in [1.54, 1.807) is 12.1 Å². The molecule has 0 radical (unpaired) electrons. The van der Waals surface area contributed by atoms with Crippen molar-refractivity contribution in [3.8, 4) is 0 Å². The molecule has 178 valence electrons. The van der Waals surface area contributed by atoms with Gasteiger partial charge in [0.2, 0.25) is 15.9 Å². The smallest absolute Gasteiger partial charge is 0.243 e. The molecule has 2 aliphatic rings. The number of nitrogens with one attached hydrogen (secondary N) is 1. The standard InChI is InChI=1S/C23H27FN2O6S/c24-16-5-4-8-20(11-16)33(29,30)26-13-18(27)14-31-15-22-21(26)10-9-19(32-22)12-23(28)25-17-6-2-1-3-7-17/h1-8,11,18-19,21-22,27H,9-10,12-15H2,(H,25,28)/t18-,19-,21+,22-/m1/s1. The van der Waals surface area contributed by atoms with Gasteiger partial charge in [-0.1, -0.05) is 24.3 Å². The number of fused-ring (bicyclic) bond motifs is 1. The molecule has 0 bridgehead atoms. The number of aliphatic hydroxyl groups is 1. The number of β-amino-alcohol motifs (C(OH)–C–C–N with tert-alkyl or cyclic N) is 1. The maximum atomic E-state index is 13.7. The lowest BCUT2D eigenvalue weighted by molar-refractivity contribution is -0.144. The summed E-state index contributed by atoms with van der Waals surface area (Å²) in [5, 5.41) is 13.1. The van der Waals surface area contributed by atoms with Gasteiger partial charge in [0.15, 0.2) is 0 Å². The highest BCUT2D eigenvalue weighted by atomic mass is 32.2. The molecule has 4 atom stereocenters. The van der Waals surface area contributed by atoms with E-state index < -0.39 is 40.2 Å². The Morgan fingerprint density at radius 1 is 1.12 bits per heavy atom. The molecule has 2 aromatic carbocycles. The number of para-hydroxylation sites is 1. The Morgan fingerprint density at radius 3 is 2.67 bits per heavy atom. The van der Waals surface area contributed by atoms with Gasteiger partial charge in [0.1, 0.15) is 5.82 Å². The number of carbonyl (C=O) groups excluding carboxylic acids is 1. The first-order valence-corrected chi connectivity index (χ1v) is 12.3. The van der Waals surface area contributed by atoms with Crippen LogP contribution in [-0.2, 0) is 24.3 Å². The van der Waals surface area contributed by atoms with Crippen molar-refractivity contribution in [1.29, 1.82) is 0 Å². The molecule has 1 amide bonds. The molecule has 2 fully saturated rings. The molecule has 0 aliphatic carbocycles. The second-order valence-electron chi connectivity index (χ2n) is 8.28. The van der Waals surface area contributed by atoms with Crippen LogP contribution in [0.15, 0.2) is 59.5 Å². The van der Waals surface area contributed by atoms with Crippen LogP contribution in [-0.4, -0.2) is 67.8 Å². The normalized spacial score (nSPS) is 26.6. The molecule has 2 aromatic rings. The van der Waals surface area contributed by atoms with Gasteiger partial charge < -0.3 is 19.9 Å². The number of sulfonamides is 1. The van der Waals surface area contributed by atoms with Crippen molar-refractivity contribution in [2.75, 3.05) is 25.1 Å². The lowest BCUT2D eigenvalue weighted by Gasteiger charge is -2.43. The molecule has 33 heavy (non-hydrogen) atoms. The van der Waals surface area contributed by atoms with Crippen LogP contribution in [0.5, 0.6) is 0 Å². The zero-order valence-electron chi connectivity index (χ0n) is 18.0. The van der Waals surface area contributed by atoms with Gasteiger partial charge in [-0.25, -0.2) is 12.8 Å². The molecular formula is C23H27FN2O6S. The minimum atomic E-state index is -4.09. The van der Waals surface area contributed by atoms with Crippen LogP contribution in [0.25, 0.3) is 0 Å². The Kier molecular flexibility index (Phi) is 7.40. The topological polar surface area (TPSA) is 105 Å². The molecule has 10 heteroatoms. The van der Waals surface area contributed by atoms with Crippen molar-refractivity contribution in [2.24, 2.45) is 0 Å². The van der Waals surface area contributed by atoms with Crippen LogP contribution in [0.2, 0.25) is 0 Å². The van der Waals surface area contributed by atoms with Gasteiger partial charge in [-0.2, -0.15) is 4.31 Å². The van der Waals surface area contributed by atoms with E-state index in [0.29, 0.717) is 18.5 Å². The molecule has 2 saturated heterocycles. The number of ether oxygens (including phenoxy) is 2. The third-order valence-electron chi connectivity index (χ3n) is 5.81. The van der Waals surface area contributed by atoms with E-state index in [-0.39, 0.29) is 37.0 Å². The Labute approximate surface area is 192 Å². The fraction of sp³-hybridized carbons (Fsp3) is 0.435. The zero-order valence-corrected chi connectivity index (χ0v) is 18.8. The summed E-state index contributed by atoms with van der Waals surface area (Å²) < 4.78 is 53.3. The molecule has 2 heterocycles.